The summed E-state index contributed by atoms with van der Waals surface area (Å²) in [7, 11) is 0. The highest BCUT2D eigenvalue weighted by Crippen LogP contribution is 2.23. The van der Waals surface area contributed by atoms with Crippen molar-refractivity contribution < 1.29 is 18.7 Å². The Morgan fingerprint density at radius 1 is 1.30 bits per heavy atom. The second-order valence-corrected chi connectivity index (χ2v) is 6.31. The number of nitrogens with zero attached hydrogens (tertiary/aromatic N) is 2. The van der Waals surface area contributed by atoms with Crippen LogP contribution < -0.4 is 10.1 Å². The summed E-state index contributed by atoms with van der Waals surface area (Å²) in [4.78, 5) is 14.5. The van der Waals surface area contributed by atoms with Crippen LogP contribution in [0.4, 0.5) is 0 Å². The van der Waals surface area contributed by atoms with Crippen molar-refractivity contribution >= 4 is 5.91 Å². The van der Waals surface area contributed by atoms with Crippen LogP contribution in [0.2, 0.25) is 0 Å². The zero-order valence-corrected chi connectivity index (χ0v) is 15.3. The van der Waals surface area contributed by atoms with Crippen LogP contribution in [0.1, 0.15) is 23.1 Å². The number of nitriles is 1. The number of aryl methyl sites for hydroxylation is 1. The molecule has 0 bridgehead atoms. The minimum atomic E-state index is -0.246. The van der Waals surface area contributed by atoms with Crippen LogP contribution in [0.3, 0.4) is 0 Å². The number of furan rings is 1. The fourth-order valence-electron chi connectivity index (χ4n) is 3.02. The molecule has 1 aliphatic heterocycles. The molecule has 1 amide bonds. The van der Waals surface area contributed by atoms with E-state index in [0.29, 0.717) is 31.1 Å². The van der Waals surface area contributed by atoms with Gasteiger partial charge in [0.1, 0.15) is 23.3 Å². The van der Waals surface area contributed by atoms with Gasteiger partial charge < -0.3 is 19.2 Å². The van der Waals surface area contributed by atoms with E-state index in [9.17, 15) is 4.79 Å². The summed E-state index contributed by atoms with van der Waals surface area (Å²) in [5.41, 5.74) is 0.405. The number of carbonyl (C=O) groups excluding carboxylic acids is 1. The van der Waals surface area contributed by atoms with Gasteiger partial charge in [0.2, 0.25) is 0 Å². The van der Waals surface area contributed by atoms with Crippen molar-refractivity contribution in [3.63, 3.8) is 0 Å². The number of morpholine rings is 1. The molecule has 0 spiro atoms. The summed E-state index contributed by atoms with van der Waals surface area (Å²) in [6, 6.07) is 12.7. The number of ether oxygens (including phenoxy) is 2. The third kappa shape index (κ3) is 5.09. The molecule has 3 rings (SSSR count). The number of hydrogen-bond acceptors (Lipinski definition) is 6. The first-order chi connectivity index (χ1) is 13.2. The Bertz CT molecular complexity index is 806. The van der Waals surface area contributed by atoms with E-state index in [4.69, 9.17) is 19.2 Å². The Hall–Kier alpha value is -2.82. The molecule has 7 heteroatoms. The molecule has 1 N–H and O–H groups in total. The maximum Gasteiger partial charge on any atom is 0.258 e. The smallest absolute Gasteiger partial charge is 0.258 e. The van der Waals surface area contributed by atoms with Gasteiger partial charge in [-0.2, -0.15) is 5.26 Å². The molecule has 1 saturated heterocycles. The number of benzene rings is 1. The highest BCUT2D eigenvalue weighted by atomic mass is 16.5. The lowest BCUT2D eigenvalue weighted by atomic mass is 10.1. The molecule has 7 nitrogen and oxygen atoms in total. The minimum absolute atomic E-state index is 0.0575. The van der Waals surface area contributed by atoms with E-state index in [1.807, 2.05) is 25.1 Å². The Labute approximate surface area is 158 Å². The van der Waals surface area contributed by atoms with Gasteiger partial charge in [-0.05, 0) is 31.2 Å². The van der Waals surface area contributed by atoms with Gasteiger partial charge in [0.25, 0.3) is 5.91 Å². The standard InChI is InChI=1S/C20H23N3O4/c1-15-6-7-19(27-15)17(23-8-10-25-11-9-23)13-22-20(24)14-26-18-5-3-2-4-16(18)12-21/h2-7,17H,8-11,13-14H2,1H3,(H,22,24). The van der Waals surface area contributed by atoms with Crippen molar-refractivity contribution in [2.75, 3.05) is 39.5 Å². The number of nitrogens with one attached hydrogen (secondary N) is 1. The fourth-order valence-corrected chi connectivity index (χ4v) is 3.02. The predicted octanol–water partition coefficient (Wildman–Crippen LogP) is 2.03. The highest BCUT2D eigenvalue weighted by Gasteiger charge is 2.25. The van der Waals surface area contributed by atoms with Gasteiger partial charge in [-0.1, -0.05) is 12.1 Å². The SMILES string of the molecule is Cc1ccc(C(CNC(=O)COc2ccccc2C#N)N2CCOCC2)o1. The highest BCUT2D eigenvalue weighted by molar-refractivity contribution is 5.77. The lowest BCUT2D eigenvalue weighted by Gasteiger charge is -2.33. The molecule has 0 saturated carbocycles. The van der Waals surface area contributed by atoms with Crippen LogP contribution in [0.15, 0.2) is 40.8 Å². The van der Waals surface area contributed by atoms with Crippen molar-refractivity contribution in [2.45, 2.75) is 13.0 Å². The van der Waals surface area contributed by atoms with E-state index in [2.05, 4.69) is 10.2 Å². The zero-order chi connectivity index (χ0) is 19.1. The second-order valence-electron chi connectivity index (χ2n) is 6.31. The summed E-state index contributed by atoms with van der Waals surface area (Å²) in [6.45, 7) is 5.06. The molecular weight excluding hydrogens is 346 g/mol. The van der Waals surface area contributed by atoms with E-state index in [1.165, 1.54) is 0 Å². The number of carbonyl (C=O) groups is 1. The monoisotopic (exact) mass is 369 g/mol. The van der Waals surface area contributed by atoms with E-state index in [1.54, 1.807) is 24.3 Å². The first-order valence-electron chi connectivity index (χ1n) is 8.94. The number of amides is 1. The normalized spacial score (nSPS) is 15.7. The Morgan fingerprint density at radius 3 is 2.78 bits per heavy atom. The Morgan fingerprint density at radius 2 is 2.07 bits per heavy atom. The van der Waals surface area contributed by atoms with Gasteiger partial charge in [-0.3, -0.25) is 9.69 Å². The molecule has 1 fully saturated rings. The van der Waals surface area contributed by atoms with E-state index in [0.717, 1.165) is 24.6 Å². The first-order valence-corrected chi connectivity index (χ1v) is 8.94. The van der Waals surface area contributed by atoms with Crippen LogP contribution in [0, 0.1) is 18.3 Å². The average Bonchev–Trinajstić information content (AvgIpc) is 3.13. The van der Waals surface area contributed by atoms with Crippen molar-refractivity contribution in [3.8, 4) is 11.8 Å². The maximum absolute atomic E-state index is 12.2. The molecule has 2 heterocycles. The zero-order valence-electron chi connectivity index (χ0n) is 15.3. The molecule has 27 heavy (non-hydrogen) atoms. The van der Waals surface area contributed by atoms with Crippen LogP contribution in [0.5, 0.6) is 5.75 Å². The van der Waals surface area contributed by atoms with E-state index >= 15 is 0 Å². The molecule has 142 valence electrons. The summed E-state index contributed by atoms with van der Waals surface area (Å²) in [5, 5.41) is 12.0. The number of para-hydroxylation sites is 1. The van der Waals surface area contributed by atoms with Gasteiger partial charge in [0, 0.05) is 19.6 Å². The molecule has 1 aromatic carbocycles. The van der Waals surface area contributed by atoms with Crippen LogP contribution in [-0.2, 0) is 9.53 Å². The largest absolute Gasteiger partial charge is 0.482 e. The molecule has 0 radical (unpaired) electrons. The fraction of sp³-hybridized carbons (Fsp3) is 0.400. The summed E-state index contributed by atoms with van der Waals surface area (Å²) >= 11 is 0. The van der Waals surface area contributed by atoms with Gasteiger partial charge >= 0.3 is 0 Å². The van der Waals surface area contributed by atoms with Gasteiger partial charge in [0.15, 0.2) is 6.61 Å². The number of rotatable bonds is 7. The van der Waals surface area contributed by atoms with E-state index < -0.39 is 0 Å². The first kappa shape index (κ1) is 19.0. The second kappa shape index (κ2) is 9.21. The molecule has 1 aliphatic rings. The third-order valence-corrected chi connectivity index (χ3v) is 4.43. The Balaban J connectivity index is 1.57. The van der Waals surface area contributed by atoms with Gasteiger partial charge in [-0.25, -0.2) is 0 Å². The van der Waals surface area contributed by atoms with Crippen LogP contribution in [-0.4, -0.2) is 50.3 Å². The average molecular weight is 369 g/mol. The summed E-state index contributed by atoms with van der Waals surface area (Å²) in [5.74, 6) is 1.82. The van der Waals surface area contributed by atoms with Crippen LogP contribution in [0.25, 0.3) is 0 Å². The Kier molecular flexibility index (Phi) is 6.47. The third-order valence-electron chi connectivity index (χ3n) is 4.43. The lowest BCUT2D eigenvalue weighted by Crippen LogP contribution is -2.44. The minimum Gasteiger partial charge on any atom is -0.482 e. The van der Waals surface area contributed by atoms with Crippen molar-refractivity contribution in [1.29, 1.82) is 5.26 Å². The molecule has 1 atom stereocenters. The lowest BCUT2D eigenvalue weighted by molar-refractivity contribution is -0.123. The van der Waals surface area contributed by atoms with Crippen molar-refractivity contribution in [1.82, 2.24) is 10.2 Å². The topological polar surface area (TPSA) is 87.7 Å². The van der Waals surface area contributed by atoms with E-state index in [-0.39, 0.29) is 18.6 Å². The molecule has 0 aliphatic carbocycles. The predicted molar refractivity (Wildman–Crippen MR) is 98.2 cm³/mol. The molecule has 1 unspecified atom stereocenters. The van der Waals surface area contributed by atoms with Crippen molar-refractivity contribution in [3.05, 3.63) is 53.5 Å². The van der Waals surface area contributed by atoms with Gasteiger partial charge in [0.05, 0.1) is 24.8 Å². The summed E-state index contributed by atoms with van der Waals surface area (Å²) in [6.07, 6.45) is 0. The quantitative estimate of drug-likeness (QED) is 0.803. The van der Waals surface area contributed by atoms with Gasteiger partial charge in [-0.15, -0.1) is 0 Å². The van der Waals surface area contributed by atoms with Crippen LogP contribution >= 0.6 is 0 Å². The van der Waals surface area contributed by atoms with Crippen molar-refractivity contribution in [2.24, 2.45) is 0 Å². The maximum atomic E-state index is 12.2. The summed E-state index contributed by atoms with van der Waals surface area (Å²) < 4.78 is 16.7. The molecular formula is C20H23N3O4. The molecule has 2 aromatic rings. The number of hydrogen-bond donors (Lipinski definition) is 1. The molecule has 1 aromatic heterocycles.